The number of hydrogen-bond acceptors (Lipinski definition) is 3. The first-order chi connectivity index (χ1) is 10.3. The first-order valence-electron chi connectivity index (χ1n) is 7.12. The van der Waals surface area contributed by atoms with E-state index < -0.39 is 0 Å². The highest BCUT2D eigenvalue weighted by Gasteiger charge is 2.20. The molecule has 21 heavy (non-hydrogen) atoms. The van der Waals surface area contributed by atoms with E-state index >= 15 is 0 Å². The maximum absolute atomic E-state index is 13.9. The minimum atomic E-state index is -0.355. The Morgan fingerprint density at radius 1 is 1.29 bits per heavy atom. The van der Waals surface area contributed by atoms with Crippen LogP contribution < -0.4 is 10.1 Å². The largest absolute Gasteiger partial charge is 0.491 e. The summed E-state index contributed by atoms with van der Waals surface area (Å²) in [7, 11) is 0. The Morgan fingerprint density at radius 2 is 2.14 bits per heavy atom. The van der Waals surface area contributed by atoms with Gasteiger partial charge in [-0.1, -0.05) is 24.3 Å². The molecular formula is C17H18FNO2. The van der Waals surface area contributed by atoms with Gasteiger partial charge >= 0.3 is 0 Å². The molecule has 0 saturated carbocycles. The molecule has 1 atom stereocenters. The van der Waals surface area contributed by atoms with Crippen LogP contribution in [0.15, 0.2) is 42.5 Å². The highest BCUT2D eigenvalue weighted by molar-refractivity contribution is 5.50. The molecule has 1 heterocycles. The number of anilines is 1. The van der Waals surface area contributed by atoms with Crippen molar-refractivity contribution in [1.29, 1.82) is 0 Å². The van der Waals surface area contributed by atoms with Crippen molar-refractivity contribution in [2.75, 3.05) is 18.5 Å². The van der Waals surface area contributed by atoms with Crippen LogP contribution in [0.25, 0.3) is 0 Å². The average Bonchev–Trinajstić information content (AvgIpc) is 2.51. The fourth-order valence-corrected chi connectivity index (χ4v) is 2.57. The van der Waals surface area contributed by atoms with E-state index in [2.05, 4.69) is 17.4 Å². The SMILES string of the molecule is CCOc1ccc(NC2COCc3ccccc32)cc1F. The molecule has 1 N–H and O–H groups in total. The third kappa shape index (κ3) is 3.00. The van der Waals surface area contributed by atoms with Crippen LogP contribution in [-0.2, 0) is 11.3 Å². The van der Waals surface area contributed by atoms with Gasteiger partial charge in [0.15, 0.2) is 11.6 Å². The van der Waals surface area contributed by atoms with Crippen molar-refractivity contribution < 1.29 is 13.9 Å². The summed E-state index contributed by atoms with van der Waals surface area (Å²) < 4.78 is 24.7. The molecule has 1 unspecified atom stereocenters. The lowest BCUT2D eigenvalue weighted by molar-refractivity contribution is 0.0970. The van der Waals surface area contributed by atoms with Crippen LogP contribution in [0.3, 0.4) is 0 Å². The molecule has 0 fully saturated rings. The third-order valence-electron chi connectivity index (χ3n) is 3.55. The maximum atomic E-state index is 13.9. The third-order valence-corrected chi connectivity index (χ3v) is 3.55. The molecule has 3 nitrogen and oxygen atoms in total. The lowest BCUT2D eigenvalue weighted by atomic mass is 9.99. The summed E-state index contributed by atoms with van der Waals surface area (Å²) in [4.78, 5) is 0. The molecule has 0 spiro atoms. The summed E-state index contributed by atoms with van der Waals surface area (Å²) in [6.45, 7) is 3.49. The number of hydrogen-bond donors (Lipinski definition) is 1. The smallest absolute Gasteiger partial charge is 0.167 e. The van der Waals surface area contributed by atoms with E-state index in [1.54, 1.807) is 6.07 Å². The number of benzene rings is 2. The maximum Gasteiger partial charge on any atom is 0.167 e. The van der Waals surface area contributed by atoms with E-state index in [0.717, 1.165) is 5.69 Å². The van der Waals surface area contributed by atoms with Crippen LogP contribution in [0, 0.1) is 5.82 Å². The van der Waals surface area contributed by atoms with Crippen LogP contribution in [-0.4, -0.2) is 13.2 Å². The second-order valence-electron chi connectivity index (χ2n) is 4.99. The van der Waals surface area contributed by atoms with Gasteiger partial charge in [0, 0.05) is 11.8 Å². The van der Waals surface area contributed by atoms with Gasteiger partial charge in [0.05, 0.1) is 25.9 Å². The minimum absolute atomic E-state index is 0.0345. The van der Waals surface area contributed by atoms with Crippen LogP contribution in [0.1, 0.15) is 24.1 Å². The normalized spacial score (nSPS) is 17.1. The highest BCUT2D eigenvalue weighted by Crippen LogP contribution is 2.29. The van der Waals surface area contributed by atoms with Crippen LogP contribution >= 0.6 is 0 Å². The number of nitrogens with one attached hydrogen (secondary N) is 1. The number of halogens is 1. The van der Waals surface area contributed by atoms with Crippen molar-refractivity contribution in [1.82, 2.24) is 0 Å². The van der Waals surface area contributed by atoms with Gasteiger partial charge in [-0.05, 0) is 30.2 Å². The lowest BCUT2D eigenvalue weighted by Crippen LogP contribution is -2.23. The monoisotopic (exact) mass is 287 g/mol. The molecular weight excluding hydrogens is 269 g/mol. The van der Waals surface area contributed by atoms with Crippen molar-refractivity contribution in [2.24, 2.45) is 0 Å². The van der Waals surface area contributed by atoms with E-state index in [4.69, 9.17) is 9.47 Å². The van der Waals surface area contributed by atoms with Crippen molar-refractivity contribution in [2.45, 2.75) is 19.6 Å². The predicted octanol–water partition coefficient (Wildman–Crippen LogP) is 3.91. The van der Waals surface area contributed by atoms with E-state index in [1.165, 1.54) is 17.2 Å². The Morgan fingerprint density at radius 3 is 2.95 bits per heavy atom. The van der Waals surface area contributed by atoms with Crippen LogP contribution in [0.4, 0.5) is 10.1 Å². The zero-order valence-electron chi connectivity index (χ0n) is 11.9. The summed E-state index contributed by atoms with van der Waals surface area (Å²) in [5.74, 6) is -0.0739. The molecule has 0 saturated heterocycles. The van der Waals surface area contributed by atoms with Gasteiger partial charge in [-0.3, -0.25) is 0 Å². The average molecular weight is 287 g/mol. The van der Waals surface area contributed by atoms with Crippen LogP contribution in [0.5, 0.6) is 5.75 Å². The summed E-state index contributed by atoms with van der Waals surface area (Å²) in [5.41, 5.74) is 3.10. The summed E-state index contributed by atoms with van der Waals surface area (Å²) in [6.07, 6.45) is 0. The number of ether oxygens (including phenoxy) is 2. The van der Waals surface area contributed by atoms with Crippen molar-refractivity contribution in [3.63, 3.8) is 0 Å². The van der Waals surface area contributed by atoms with Gasteiger partial charge in [0.1, 0.15) is 0 Å². The zero-order chi connectivity index (χ0) is 14.7. The molecule has 0 aliphatic carbocycles. The minimum Gasteiger partial charge on any atom is -0.491 e. The molecule has 4 heteroatoms. The Labute approximate surface area is 123 Å². The highest BCUT2D eigenvalue weighted by atomic mass is 19.1. The van der Waals surface area contributed by atoms with Gasteiger partial charge < -0.3 is 14.8 Å². The summed E-state index contributed by atoms with van der Waals surface area (Å²) in [6, 6.07) is 13.1. The Bertz CT molecular complexity index is 630. The molecule has 2 aromatic carbocycles. The Kier molecular flexibility index (Phi) is 4.06. The Balaban J connectivity index is 1.80. The first kappa shape index (κ1) is 13.9. The molecule has 3 rings (SSSR count). The number of rotatable bonds is 4. The van der Waals surface area contributed by atoms with Gasteiger partial charge in [-0.2, -0.15) is 0 Å². The predicted molar refractivity (Wildman–Crippen MR) is 80.0 cm³/mol. The second kappa shape index (κ2) is 6.14. The van der Waals surface area contributed by atoms with Gasteiger partial charge in [-0.15, -0.1) is 0 Å². The van der Waals surface area contributed by atoms with E-state index in [9.17, 15) is 4.39 Å². The quantitative estimate of drug-likeness (QED) is 0.925. The zero-order valence-corrected chi connectivity index (χ0v) is 11.9. The molecule has 0 bridgehead atoms. The van der Waals surface area contributed by atoms with Gasteiger partial charge in [0.2, 0.25) is 0 Å². The Hall–Kier alpha value is -2.07. The first-order valence-corrected chi connectivity index (χ1v) is 7.12. The van der Waals surface area contributed by atoms with Crippen molar-refractivity contribution in [3.05, 3.63) is 59.4 Å². The molecule has 0 radical (unpaired) electrons. The van der Waals surface area contributed by atoms with Crippen LogP contribution in [0.2, 0.25) is 0 Å². The molecule has 1 aliphatic rings. The molecule has 110 valence electrons. The molecule has 0 amide bonds. The molecule has 0 aromatic heterocycles. The summed E-state index contributed by atoms with van der Waals surface area (Å²) >= 11 is 0. The second-order valence-corrected chi connectivity index (χ2v) is 4.99. The molecule has 2 aromatic rings. The van der Waals surface area contributed by atoms with E-state index in [1.807, 2.05) is 25.1 Å². The van der Waals surface area contributed by atoms with Crippen molar-refractivity contribution >= 4 is 5.69 Å². The van der Waals surface area contributed by atoms with E-state index in [-0.39, 0.29) is 17.6 Å². The fraction of sp³-hybridized carbons (Fsp3) is 0.294. The number of fused-ring (bicyclic) bond motifs is 1. The van der Waals surface area contributed by atoms with Gasteiger partial charge in [0.25, 0.3) is 0 Å². The lowest BCUT2D eigenvalue weighted by Gasteiger charge is -2.27. The summed E-state index contributed by atoms with van der Waals surface area (Å²) in [5, 5.41) is 3.33. The fourth-order valence-electron chi connectivity index (χ4n) is 2.57. The standard InChI is InChI=1S/C17H18FNO2/c1-2-21-17-8-7-13(9-15(17)18)19-16-11-20-10-12-5-3-4-6-14(12)16/h3-9,16,19H,2,10-11H2,1H3. The topological polar surface area (TPSA) is 30.5 Å². The van der Waals surface area contributed by atoms with E-state index in [0.29, 0.717) is 19.8 Å². The molecule has 1 aliphatic heterocycles. The van der Waals surface area contributed by atoms with Gasteiger partial charge in [-0.25, -0.2) is 4.39 Å². The van der Waals surface area contributed by atoms with Crippen molar-refractivity contribution in [3.8, 4) is 5.75 Å².